The minimum absolute atomic E-state index is 0.00295. The number of hydrogen-bond donors (Lipinski definition) is 0. The first kappa shape index (κ1) is 18.0. The van der Waals surface area contributed by atoms with E-state index >= 15 is 0 Å². The van der Waals surface area contributed by atoms with Crippen LogP contribution < -0.4 is 4.90 Å². The third kappa shape index (κ3) is 2.96. The SMILES string of the molecule is CCC1(CC)CN(c2nc(C(F)F)nc3ccccc23)CCS1(=O)=O. The maximum absolute atomic E-state index is 13.2. The minimum atomic E-state index is -3.24. The van der Waals surface area contributed by atoms with Gasteiger partial charge < -0.3 is 4.90 Å². The first-order chi connectivity index (χ1) is 11.8. The van der Waals surface area contributed by atoms with Gasteiger partial charge in [-0.1, -0.05) is 26.0 Å². The van der Waals surface area contributed by atoms with Crippen LogP contribution in [-0.4, -0.2) is 42.0 Å². The van der Waals surface area contributed by atoms with Gasteiger partial charge in [0.15, 0.2) is 15.7 Å². The second kappa shape index (κ2) is 6.48. The molecule has 2 aromatic rings. The third-order valence-electron chi connectivity index (χ3n) is 5.15. The maximum atomic E-state index is 13.2. The highest BCUT2D eigenvalue weighted by molar-refractivity contribution is 7.92. The van der Waals surface area contributed by atoms with E-state index in [4.69, 9.17) is 0 Å². The van der Waals surface area contributed by atoms with Gasteiger partial charge in [-0.15, -0.1) is 0 Å². The van der Waals surface area contributed by atoms with Crippen molar-refractivity contribution in [2.24, 2.45) is 0 Å². The molecule has 1 aliphatic heterocycles. The van der Waals surface area contributed by atoms with E-state index in [1.165, 1.54) is 0 Å². The average Bonchev–Trinajstić information content (AvgIpc) is 2.61. The third-order valence-corrected chi connectivity index (χ3v) is 7.90. The number of sulfone groups is 1. The Kier molecular flexibility index (Phi) is 4.66. The van der Waals surface area contributed by atoms with Gasteiger partial charge in [-0.05, 0) is 25.0 Å². The van der Waals surface area contributed by atoms with Crippen LogP contribution in [0.5, 0.6) is 0 Å². The molecule has 5 nitrogen and oxygen atoms in total. The van der Waals surface area contributed by atoms with Gasteiger partial charge in [0.25, 0.3) is 6.43 Å². The van der Waals surface area contributed by atoms with Gasteiger partial charge in [-0.2, -0.15) is 0 Å². The summed E-state index contributed by atoms with van der Waals surface area (Å²) in [4.78, 5) is 9.83. The Balaban J connectivity index is 2.13. The molecule has 2 heterocycles. The first-order valence-electron chi connectivity index (χ1n) is 8.35. The maximum Gasteiger partial charge on any atom is 0.297 e. The quantitative estimate of drug-likeness (QED) is 0.827. The Morgan fingerprint density at radius 1 is 1.20 bits per heavy atom. The van der Waals surface area contributed by atoms with Crippen molar-refractivity contribution in [1.82, 2.24) is 9.97 Å². The van der Waals surface area contributed by atoms with Gasteiger partial charge in [0, 0.05) is 18.5 Å². The fourth-order valence-electron chi connectivity index (χ4n) is 3.48. The van der Waals surface area contributed by atoms with Crippen molar-refractivity contribution < 1.29 is 17.2 Å². The van der Waals surface area contributed by atoms with Gasteiger partial charge in [0.1, 0.15) is 5.82 Å². The first-order valence-corrected chi connectivity index (χ1v) is 10.0. The van der Waals surface area contributed by atoms with Crippen LogP contribution in [0.15, 0.2) is 24.3 Å². The molecule has 3 rings (SSSR count). The van der Waals surface area contributed by atoms with Crippen LogP contribution in [0, 0.1) is 0 Å². The molecule has 0 unspecified atom stereocenters. The molecule has 136 valence electrons. The predicted molar refractivity (Wildman–Crippen MR) is 93.8 cm³/mol. The van der Waals surface area contributed by atoms with E-state index in [9.17, 15) is 17.2 Å². The van der Waals surface area contributed by atoms with Crippen molar-refractivity contribution in [3.8, 4) is 0 Å². The Labute approximate surface area is 146 Å². The van der Waals surface area contributed by atoms with Crippen molar-refractivity contribution in [2.75, 3.05) is 23.7 Å². The number of fused-ring (bicyclic) bond motifs is 1. The molecule has 1 aromatic heterocycles. The number of alkyl halides is 2. The summed E-state index contributed by atoms with van der Waals surface area (Å²) >= 11 is 0. The number of aromatic nitrogens is 2. The highest BCUT2D eigenvalue weighted by Gasteiger charge is 2.45. The standard InChI is InChI=1S/C17H21F2N3O2S/c1-3-17(4-2)11-22(9-10-25(17,23)24)16-12-7-5-6-8-13(12)20-15(21-16)14(18)19/h5-8,14H,3-4,9-11H2,1-2H3. The van der Waals surface area contributed by atoms with Gasteiger partial charge in [0.2, 0.25) is 0 Å². The van der Waals surface area contributed by atoms with Crippen molar-refractivity contribution >= 4 is 26.6 Å². The smallest absolute Gasteiger partial charge is 0.297 e. The summed E-state index contributed by atoms with van der Waals surface area (Å²) in [6, 6.07) is 6.98. The molecule has 0 N–H and O–H groups in total. The highest BCUT2D eigenvalue weighted by Crippen LogP contribution is 2.35. The van der Waals surface area contributed by atoms with E-state index < -0.39 is 26.8 Å². The minimum Gasteiger partial charge on any atom is -0.353 e. The highest BCUT2D eigenvalue weighted by atomic mass is 32.2. The molecule has 1 saturated heterocycles. The average molecular weight is 369 g/mol. The molecular formula is C17H21F2N3O2S. The number of benzene rings is 1. The van der Waals surface area contributed by atoms with Crippen LogP contribution in [0.3, 0.4) is 0 Å². The van der Waals surface area contributed by atoms with E-state index in [1.807, 2.05) is 18.7 Å². The van der Waals surface area contributed by atoms with E-state index in [1.54, 1.807) is 24.3 Å². The normalized spacial score (nSPS) is 19.5. The molecule has 0 aliphatic carbocycles. The Morgan fingerprint density at radius 2 is 1.88 bits per heavy atom. The summed E-state index contributed by atoms with van der Waals surface area (Å²) in [5.74, 6) is -0.139. The molecule has 8 heteroatoms. The molecule has 1 aromatic carbocycles. The summed E-state index contributed by atoms with van der Waals surface area (Å²) in [7, 11) is -3.24. The molecule has 1 aliphatic rings. The van der Waals surface area contributed by atoms with Crippen LogP contribution >= 0.6 is 0 Å². The largest absolute Gasteiger partial charge is 0.353 e. The molecule has 0 bridgehead atoms. The topological polar surface area (TPSA) is 63.2 Å². The van der Waals surface area contributed by atoms with E-state index in [0.717, 1.165) is 0 Å². The number of halogens is 2. The summed E-state index contributed by atoms with van der Waals surface area (Å²) in [5.41, 5.74) is 0.440. The molecule has 1 fully saturated rings. The fraction of sp³-hybridized carbons (Fsp3) is 0.529. The van der Waals surface area contributed by atoms with E-state index in [-0.39, 0.29) is 18.8 Å². The summed E-state index contributed by atoms with van der Waals surface area (Å²) in [5, 5.41) is 0.660. The summed E-state index contributed by atoms with van der Waals surface area (Å²) < 4.78 is 50.8. The second-order valence-electron chi connectivity index (χ2n) is 6.35. The van der Waals surface area contributed by atoms with E-state index in [0.29, 0.717) is 29.6 Å². The molecule has 0 spiro atoms. The fourth-order valence-corrected chi connectivity index (χ4v) is 5.61. The molecule has 0 atom stereocenters. The molecular weight excluding hydrogens is 348 g/mol. The lowest BCUT2D eigenvalue weighted by Crippen LogP contribution is -2.56. The van der Waals surface area contributed by atoms with Crippen molar-refractivity contribution in [2.45, 2.75) is 37.9 Å². The number of rotatable bonds is 4. The lowest BCUT2D eigenvalue weighted by Gasteiger charge is -2.42. The Hall–Kier alpha value is -1.83. The van der Waals surface area contributed by atoms with Crippen LogP contribution in [0.4, 0.5) is 14.6 Å². The van der Waals surface area contributed by atoms with Crippen LogP contribution in [0.1, 0.15) is 38.9 Å². The number of para-hydroxylation sites is 1. The Bertz CT molecular complexity index is 883. The van der Waals surface area contributed by atoms with Gasteiger partial charge in [-0.25, -0.2) is 27.2 Å². The van der Waals surface area contributed by atoms with Gasteiger partial charge in [-0.3, -0.25) is 0 Å². The van der Waals surface area contributed by atoms with E-state index in [2.05, 4.69) is 9.97 Å². The van der Waals surface area contributed by atoms with Crippen molar-refractivity contribution in [3.05, 3.63) is 30.1 Å². The van der Waals surface area contributed by atoms with Gasteiger partial charge >= 0.3 is 0 Å². The summed E-state index contributed by atoms with van der Waals surface area (Å²) in [6.07, 6.45) is -1.82. The lowest BCUT2D eigenvalue weighted by molar-refractivity contribution is 0.141. The van der Waals surface area contributed by atoms with Crippen molar-refractivity contribution in [3.63, 3.8) is 0 Å². The lowest BCUT2D eigenvalue weighted by atomic mass is 10.0. The van der Waals surface area contributed by atoms with Crippen LogP contribution in [0.2, 0.25) is 0 Å². The van der Waals surface area contributed by atoms with Gasteiger partial charge in [0.05, 0.1) is 16.0 Å². The number of nitrogens with zero attached hydrogens (tertiary/aromatic N) is 3. The predicted octanol–water partition coefficient (Wildman–Crippen LogP) is 3.36. The molecule has 0 saturated carbocycles. The van der Waals surface area contributed by atoms with Crippen LogP contribution in [0.25, 0.3) is 10.9 Å². The second-order valence-corrected chi connectivity index (χ2v) is 8.86. The Morgan fingerprint density at radius 3 is 2.52 bits per heavy atom. The zero-order valence-electron chi connectivity index (χ0n) is 14.2. The monoisotopic (exact) mass is 369 g/mol. The summed E-state index contributed by atoms with van der Waals surface area (Å²) in [6.45, 7) is 4.21. The zero-order valence-corrected chi connectivity index (χ0v) is 15.1. The number of anilines is 1. The molecule has 0 amide bonds. The molecule has 0 radical (unpaired) electrons. The van der Waals surface area contributed by atoms with Crippen LogP contribution in [-0.2, 0) is 9.84 Å². The van der Waals surface area contributed by atoms with Crippen molar-refractivity contribution in [1.29, 1.82) is 0 Å². The zero-order chi connectivity index (χ0) is 18.2. The number of hydrogen-bond acceptors (Lipinski definition) is 5. The molecule has 25 heavy (non-hydrogen) atoms.